The van der Waals surface area contributed by atoms with Crippen LogP contribution in [0.3, 0.4) is 0 Å². The Kier molecular flexibility index (Phi) is 5.64. The van der Waals surface area contributed by atoms with Crippen LogP contribution < -0.4 is 0 Å². The molecule has 9 heavy (non-hydrogen) atoms. The predicted octanol–water partition coefficient (Wildman–Crippen LogP) is 2.15. The van der Waals surface area contributed by atoms with Gasteiger partial charge in [0.25, 0.3) is 0 Å². The van der Waals surface area contributed by atoms with Crippen LogP contribution in [-0.4, -0.2) is 11.7 Å². The normalized spacial score (nSPS) is 12.6. The molecule has 0 saturated heterocycles. The summed E-state index contributed by atoms with van der Waals surface area (Å²) < 4.78 is 0. The topological polar surface area (TPSA) is 17.1 Å². The van der Waals surface area contributed by atoms with Crippen LogP contribution in [0, 0.1) is 0 Å². The van der Waals surface area contributed by atoms with E-state index in [4.69, 9.17) is 11.6 Å². The van der Waals surface area contributed by atoms with Gasteiger partial charge in [0.15, 0.2) is 0 Å². The highest BCUT2D eigenvalue weighted by Crippen LogP contribution is 2.04. The quantitative estimate of drug-likeness (QED) is 0.251. The Morgan fingerprint density at radius 2 is 2.33 bits per heavy atom. The average molecular weight is 147 g/mol. The first-order valence-electron chi connectivity index (χ1n) is 3.01. The summed E-state index contributed by atoms with van der Waals surface area (Å²) in [4.78, 5) is 9.94. The Labute approximate surface area is 60.7 Å². The van der Waals surface area contributed by atoms with E-state index in [9.17, 15) is 4.79 Å². The molecule has 0 N–H and O–H groups in total. The lowest BCUT2D eigenvalue weighted by Gasteiger charge is -1.96. The number of carbonyl (C=O) groups is 1. The molecule has 0 spiro atoms. The van der Waals surface area contributed by atoms with E-state index in [1.54, 1.807) is 0 Å². The van der Waals surface area contributed by atoms with Gasteiger partial charge in [-0.15, -0.1) is 18.2 Å². The zero-order chi connectivity index (χ0) is 7.11. The number of halogens is 1. The predicted molar refractivity (Wildman–Crippen MR) is 39.8 cm³/mol. The standard InChI is InChI=1S/C7H11ClO/c1-2-3-4-5-7(8)6-9/h2,6-7H,1,3-5H2/t7-/m1/s1. The minimum atomic E-state index is -0.301. The van der Waals surface area contributed by atoms with E-state index in [2.05, 4.69) is 6.58 Å². The number of hydrogen-bond donors (Lipinski definition) is 0. The Balaban J connectivity index is 3.05. The lowest BCUT2D eigenvalue weighted by Crippen LogP contribution is -1.97. The van der Waals surface area contributed by atoms with Gasteiger partial charge in [-0.05, 0) is 19.3 Å². The van der Waals surface area contributed by atoms with Crippen molar-refractivity contribution in [3.63, 3.8) is 0 Å². The maximum Gasteiger partial charge on any atom is 0.137 e. The summed E-state index contributed by atoms with van der Waals surface area (Å²) in [7, 11) is 0. The van der Waals surface area contributed by atoms with Gasteiger partial charge in [0.2, 0.25) is 0 Å². The van der Waals surface area contributed by atoms with Crippen LogP contribution in [0.25, 0.3) is 0 Å². The molecule has 52 valence electrons. The summed E-state index contributed by atoms with van der Waals surface area (Å²) in [6.45, 7) is 3.55. The molecule has 0 aliphatic rings. The number of alkyl halides is 1. The summed E-state index contributed by atoms with van der Waals surface area (Å²) in [6.07, 6.45) is 5.25. The van der Waals surface area contributed by atoms with Crippen LogP contribution in [0.1, 0.15) is 19.3 Å². The third kappa shape index (κ3) is 5.57. The molecular formula is C7H11ClO. The Morgan fingerprint density at radius 3 is 2.78 bits per heavy atom. The van der Waals surface area contributed by atoms with Crippen molar-refractivity contribution in [3.8, 4) is 0 Å². The number of carbonyl (C=O) groups excluding carboxylic acids is 1. The molecule has 0 saturated carbocycles. The fourth-order valence-electron chi connectivity index (χ4n) is 0.525. The van der Waals surface area contributed by atoms with Gasteiger partial charge >= 0.3 is 0 Å². The van der Waals surface area contributed by atoms with Crippen LogP contribution in [0.4, 0.5) is 0 Å². The second-order valence-corrected chi connectivity index (χ2v) is 2.43. The highest BCUT2D eigenvalue weighted by Gasteiger charge is 1.98. The van der Waals surface area contributed by atoms with Gasteiger partial charge < -0.3 is 4.79 Å². The second-order valence-electron chi connectivity index (χ2n) is 1.87. The van der Waals surface area contributed by atoms with Gasteiger partial charge in [-0.3, -0.25) is 0 Å². The SMILES string of the molecule is C=CCCC[C@@H](Cl)C=O. The van der Waals surface area contributed by atoms with Crippen molar-refractivity contribution in [1.29, 1.82) is 0 Å². The van der Waals surface area contributed by atoms with E-state index >= 15 is 0 Å². The highest BCUT2D eigenvalue weighted by molar-refractivity contribution is 6.27. The van der Waals surface area contributed by atoms with Gasteiger partial charge in [-0.1, -0.05) is 6.08 Å². The van der Waals surface area contributed by atoms with E-state index in [1.165, 1.54) is 0 Å². The second kappa shape index (κ2) is 5.83. The molecule has 2 heteroatoms. The van der Waals surface area contributed by atoms with Gasteiger partial charge in [-0.2, -0.15) is 0 Å². The molecule has 1 nitrogen and oxygen atoms in total. The fraction of sp³-hybridized carbons (Fsp3) is 0.571. The largest absolute Gasteiger partial charge is 0.302 e. The van der Waals surface area contributed by atoms with E-state index in [0.29, 0.717) is 0 Å². The number of allylic oxidation sites excluding steroid dienone is 1. The smallest absolute Gasteiger partial charge is 0.137 e. The first-order valence-corrected chi connectivity index (χ1v) is 3.45. The lowest BCUT2D eigenvalue weighted by molar-refractivity contribution is -0.107. The highest BCUT2D eigenvalue weighted by atomic mass is 35.5. The number of hydrogen-bond acceptors (Lipinski definition) is 1. The van der Waals surface area contributed by atoms with Crippen molar-refractivity contribution in [1.82, 2.24) is 0 Å². The van der Waals surface area contributed by atoms with Crippen molar-refractivity contribution in [3.05, 3.63) is 12.7 Å². The molecule has 0 bridgehead atoms. The van der Waals surface area contributed by atoms with Gasteiger partial charge in [0.05, 0.1) is 5.38 Å². The third-order valence-corrected chi connectivity index (χ3v) is 1.36. The zero-order valence-corrected chi connectivity index (χ0v) is 6.10. The van der Waals surface area contributed by atoms with Crippen LogP contribution in [0.2, 0.25) is 0 Å². The van der Waals surface area contributed by atoms with Crippen molar-refractivity contribution in [2.45, 2.75) is 24.6 Å². The monoisotopic (exact) mass is 146 g/mol. The maximum absolute atomic E-state index is 9.94. The molecule has 0 aromatic carbocycles. The molecule has 0 rings (SSSR count). The maximum atomic E-state index is 9.94. The molecule has 0 fully saturated rings. The number of rotatable bonds is 5. The summed E-state index contributed by atoms with van der Waals surface area (Å²) in [5, 5.41) is -0.301. The third-order valence-electron chi connectivity index (χ3n) is 1.04. The van der Waals surface area contributed by atoms with E-state index in [-0.39, 0.29) is 5.38 Å². The van der Waals surface area contributed by atoms with Crippen LogP contribution >= 0.6 is 11.6 Å². The minimum absolute atomic E-state index is 0.301. The molecule has 0 radical (unpaired) electrons. The first kappa shape index (κ1) is 8.70. The Morgan fingerprint density at radius 1 is 1.67 bits per heavy atom. The molecular weight excluding hydrogens is 136 g/mol. The van der Waals surface area contributed by atoms with Gasteiger partial charge in [0.1, 0.15) is 6.29 Å². The number of unbranched alkanes of at least 4 members (excludes halogenated alkanes) is 1. The summed E-state index contributed by atoms with van der Waals surface area (Å²) in [5.74, 6) is 0. The molecule has 0 aliphatic heterocycles. The molecule has 0 unspecified atom stereocenters. The summed E-state index contributed by atoms with van der Waals surface area (Å²) in [5.41, 5.74) is 0. The van der Waals surface area contributed by atoms with Crippen molar-refractivity contribution < 1.29 is 4.79 Å². The number of aldehydes is 1. The van der Waals surface area contributed by atoms with Crippen molar-refractivity contribution in [2.24, 2.45) is 0 Å². The average Bonchev–Trinajstić information content (AvgIpc) is 1.89. The minimum Gasteiger partial charge on any atom is -0.302 e. The molecule has 0 heterocycles. The van der Waals surface area contributed by atoms with Crippen molar-refractivity contribution in [2.75, 3.05) is 0 Å². The Hall–Kier alpha value is -0.300. The molecule has 0 aliphatic carbocycles. The van der Waals surface area contributed by atoms with Gasteiger partial charge in [-0.25, -0.2) is 0 Å². The van der Waals surface area contributed by atoms with Crippen LogP contribution in [0.15, 0.2) is 12.7 Å². The Bertz CT molecular complexity index is 90.9. The van der Waals surface area contributed by atoms with E-state index < -0.39 is 0 Å². The first-order chi connectivity index (χ1) is 4.31. The van der Waals surface area contributed by atoms with E-state index in [1.807, 2.05) is 6.08 Å². The molecule has 0 aromatic heterocycles. The molecule has 1 atom stereocenters. The zero-order valence-electron chi connectivity index (χ0n) is 5.35. The van der Waals surface area contributed by atoms with Crippen LogP contribution in [0.5, 0.6) is 0 Å². The summed E-state index contributed by atoms with van der Waals surface area (Å²) in [6, 6.07) is 0. The fourth-order valence-corrected chi connectivity index (χ4v) is 0.680. The molecule has 0 amide bonds. The van der Waals surface area contributed by atoms with Gasteiger partial charge in [0, 0.05) is 0 Å². The van der Waals surface area contributed by atoms with Crippen LogP contribution in [-0.2, 0) is 4.79 Å². The van der Waals surface area contributed by atoms with Crippen molar-refractivity contribution >= 4 is 17.9 Å². The van der Waals surface area contributed by atoms with E-state index in [0.717, 1.165) is 25.5 Å². The lowest BCUT2D eigenvalue weighted by atomic mass is 10.2. The summed E-state index contributed by atoms with van der Waals surface area (Å²) >= 11 is 5.50. The molecule has 0 aromatic rings.